The summed E-state index contributed by atoms with van der Waals surface area (Å²) in [4.78, 5) is 19.3. The molecule has 34 heavy (non-hydrogen) atoms. The van der Waals surface area contributed by atoms with Crippen molar-refractivity contribution in [3.05, 3.63) is 44.9 Å². The molecule has 2 aliphatic heterocycles. The van der Waals surface area contributed by atoms with Crippen LogP contribution in [0.25, 0.3) is 10.2 Å². The highest BCUT2D eigenvalue weighted by Crippen LogP contribution is 2.30. The third-order valence-corrected chi connectivity index (χ3v) is 8.45. The van der Waals surface area contributed by atoms with Crippen molar-refractivity contribution in [3.8, 4) is 5.75 Å². The van der Waals surface area contributed by atoms with Crippen molar-refractivity contribution in [1.29, 1.82) is 0 Å². The quantitative estimate of drug-likeness (QED) is 0.488. The molecule has 1 atom stereocenters. The molecule has 2 aliphatic rings. The summed E-state index contributed by atoms with van der Waals surface area (Å²) in [5.74, 6) is 0.840. The molecule has 2 saturated heterocycles. The number of morpholine rings is 1. The van der Waals surface area contributed by atoms with E-state index in [9.17, 15) is 4.79 Å². The topological polar surface area (TPSA) is 59.8 Å². The van der Waals surface area contributed by atoms with Crippen LogP contribution in [0, 0.1) is 6.92 Å². The standard InChI is InChI=1S/C24H28Cl2N4O3S/c1-15-19-12-22(34-24(19)28(2)27-15)23(31)30-9-10-32-18(14-30)13-29-7-5-16(6-8-29)33-17-3-4-20(25)21(26)11-17/h3-4,11-12,16,18H,5-10,13-14H2,1-2H3. The summed E-state index contributed by atoms with van der Waals surface area (Å²) < 4.78 is 14.0. The van der Waals surface area contributed by atoms with E-state index in [2.05, 4.69) is 10.00 Å². The van der Waals surface area contributed by atoms with Crippen LogP contribution >= 0.6 is 34.5 Å². The fraction of sp³-hybridized carbons (Fsp3) is 0.500. The number of rotatable bonds is 5. The fourth-order valence-corrected chi connectivity index (χ4v) is 6.10. The van der Waals surface area contributed by atoms with Gasteiger partial charge in [0.05, 0.1) is 33.3 Å². The van der Waals surface area contributed by atoms with Crippen LogP contribution in [0.5, 0.6) is 5.75 Å². The second kappa shape index (κ2) is 10.0. The Morgan fingerprint density at radius 1 is 1.21 bits per heavy atom. The molecule has 5 rings (SSSR count). The van der Waals surface area contributed by atoms with Crippen LogP contribution in [-0.4, -0.2) is 77.0 Å². The number of halogens is 2. The summed E-state index contributed by atoms with van der Waals surface area (Å²) in [5.41, 5.74) is 0.958. The molecule has 0 N–H and O–H groups in total. The molecule has 1 amide bonds. The minimum atomic E-state index is 0.0167. The minimum absolute atomic E-state index is 0.0167. The maximum atomic E-state index is 13.2. The highest BCUT2D eigenvalue weighted by atomic mass is 35.5. The van der Waals surface area contributed by atoms with Gasteiger partial charge in [-0.3, -0.25) is 9.48 Å². The summed E-state index contributed by atoms with van der Waals surface area (Å²) in [6.07, 6.45) is 2.04. The van der Waals surface area contributed by atoms with Gasteiger partial charge in [-0.25, -0.2) is 0 Å². The highest BCUT2D eigenvalue weighted by molar-refractivity contribution is 7.20. The first-order chi connectivity index (χ1) is 16.4. The molecule has 0 spiro atoms. The van der Waals surface area contributed by atoms with Crippen LogP contribution in [0.4, 0.5) is 0 Å². The van der Waals surface area contributed by atoms with Gasteiger partial charge in [-0.1, -0.05) is 23.2 Å². The number of likely N-dealkylation sites (tertiary alicyclic amines) is 1. The van der Waals surface area contributed by atoms with E-state index < -0.39 is 0 Å². The van der Waals surface area contributed by atoms with E-state index in [1.165, 1.54) is 11.3 Å². The van der Waals surface area contributed by atoms with Crippen molar-refractivity contribution in [2.24, 2.45) is 7.05 Å². The van der Waals surface area contributed by atoms with Gasteiger partial charge in [0.2, 0.25) is 0 Å². The largest absolute Gasteiger partial charge is 0.490 e. The predicted molar refractivity (Wildman–Crippen MR) is 136 cm³/mol. The van der Waals surface area contributed by atoms with E-state index in [-0.39, 0.29) is 18.1 Å². The normalized spacial score (nSPS) is 20.2. The maximum Gasteiger partial charge on any atom is 0.264 e. The van der Waals surface area contributed by atoms with Gasteiger partial charge in [0.25, 0.3) is 5.91 Å². The smallest absolute Gasteiger partial charge is 0.264 e. The van der Waals surface area contributed by atoms with Gasteiger partial charge in [-0.15, -0.1) is 11.3 Å². The SMILES string of the molecule is Cc1nn(C)c2sc(C(=O)N3CCOC(CN4CCC(Oc5ccc(Cl)c(Cl)c5)CC4)C3)cc12. The molecule has 182 valence electrons. The molecule has 0 bridgehead atoms. The van der Waals surface area contributed by atoms with Crippen LogP contribution in [0.1, 0.15) is 28.2 Å². The van der Waals surface area contributed by atoms with E-state index in [0.717, 1.165) is 59.0 Å². The van der Waals surface area contributed by atoms with Crippen molar-refractivity contribution in [2.45, 2.75) is 32.0 Å². The van der Waals surface area contributed by atoms with Crippen LogP contribution in [0.3, 0.4) is 0 Å². The Hall–Kier alpha value is -1.84. The zero-order chi connectivity index (χ0) is 23.8. The molecule has 0 radical (unpaired) electrons. The summed E-state index contributed by atoms with van der Waals surface area (Å²) in [5, 5.41) is 6.53. The first-order valence-corrected chi connectivity index (χ1v) is 13.1. The van der Waals surface area contributed by atoms with Crippen LogP contribution in [0.2, 0.25) is 10.0 Å². The molecule has 2 fully saturated rings. The van der Waals surface area contributed by atoms with Crippen molar-refractivity contribution >= 4 is 50.7 Å². The predicted octanol–water partition coefficient (Wildman–Crippen LogP) is 4.63. The summed E-state index contributed by atoms with van der Waals surface area (Å²) in [6, 6.07) is 7.37. The highest BCUT2D eigenvalue weighted by Gasteiger charge is 2.29. The molecule has 0 saturated carbocycles. The van der Waals surface area contributed by atoms with Gasteiger partial charge in [0.15, 0.2) is 0 Å². The first-order valence-electron chi connectivity index (χ1n) is 11.6. The Kier molecular flexibility index (Phi) is 7.04. The van der Waals surface area contributed by atoms with Crippen LogP contribution < -0.4 is 4.74 Å². The van der Waals surface area contributed by atoms with Gasteiger partial charge in [0.1, 0.15) is 16.7 Å². The lowest BCUT2D eigenvalue weighted by molar-refractivity contribution is -0.0413. The second-order valence-electron chi connectivity index (χ2n) is 8.98. The number of aryl methyl sites for hydroxylation is 2. The number of amides is 1. The molecule has 4 heterocycles. The van der Waals surface area contributed by atoms with Gasteiger partial charge < -0.3 is 19.3 Å². The number of piperidine rings is 1. The molecule has 10 heteroatoms. The monoisotopic (exact) mass is 522 g/mol. The van der Waals surface area contributed by atoms with Crippen LogP contribution in [-0.2, 0) is 11.8 Å². The fourth-order valence-electron chi connectivity index (χ4n) is 4.72. The van der Waals surface area contributed by atoms with Crippen molar-refractivity contribution < 1.29 is 14.3 Å². The number of carbonyl (C=O) groups is 1. The lowest BCUT2D eigenvalue weighted by Crippen LogP contribution is -2.51. The third kappa shape index (κ3) is 5.06. The second-order valence-corrected chi connectivity index (χ2v) is 10.8. The summed E-state index contributed by atoms with van der Waals surface area (Å²) in [6.45, 7) is 6.47. The number of fused-ring (bicyclic) bond motifs is 1. The molecular weight excluding hydrogens is 495 g/mol. The number of hydrogen-bond acceptors (Lipinski definition) is 6. The van der Waals surface area contributed by atoms with Gasteiger partial charge >= 0.3 is 0 Å². The lowest BCUT2D eigenvalue weighted by Gasteiger charge is -2.38. The van der Waals surface area contributed by atoms with E-state index >= 15 is 0 Å². The summed E-state index contributed by atoms with van der Waals surface area (Å²) >= 11 is 13.6. The van der Waals surface area contributed by atoms with Gasteiger partial charge in [0, 0.05) is 51.2 Å². The Morgan fingerprint density at radius 2 is 2.00 bits per heavy atom. The number of aromatic nitrogens is 2. The van der Waals surface area contributed by atoms with Crippen LogP contribution in [0.15, 0.2) is 24.3 Å². The number of hydrogen-bond donors (Lipinski definition) is 0. The van der Waals surface area contributed by atoms with E-state index in [1.807, 2.05) is 35.7 Å². The zero-order valence-electron chi connectivity index (χ0n) is 19.3. The first kappa shape index (κ1) is 23.9. The Morgan fingerprint density at radius 3 is 2.74 bits per heavy atom. The summed E-state index contributed by atoms with van der Waals surface area (Å²) in [7, 11) is 1.92. The van der Waals surface area contributed by atoms with Gasteiger partial charge in [-0.2, -0.15) is 5.10 Å². The maximum absolute atomic E-state index is 13.2. The average Bonchev–Trinajstić information content (AvgIpc) is 3.38. The molecule has 2 aromatic heterocycles. The van der Waals surface area contributed by atoms with Crippen molar-refractivity contribution in [3.63, 3.8) is 0 Å². The number of thiophene rings is 1. The van der Waals surface area contributed by atoms with E-state index in [4.69, 9.17) is 32.7 Å². The van der Waals surface area contributed by atoms with E-state index in [0.29, 0.717) is 29.7 Å². The molecular formula is C24H28Cl2N4O3S. The number of benzene rings is 1. The zero-order valence-corrected chi connectivity index (χ0v) is 21.6. The molecule has 1 aromatic carbocycles. The minimum Gasteiger partial charge on any atom is -0.490 e. The molecule has 3 aromatic rings. The third-order valence-electron chi connectivity index (χ3n) is 6.52. The Bertz CT molecular complexity index is 1150. The molecule has 0 aliphatic carbocycles. The molecule has 7 nitrogen and oxygen atoms in total. The van der Waals surface area contributed by atoms with Crippen molar-refractivity contribution in [1.82, 2.24) is 19.6 Å². The van der Waals surface area contributed by atoms with Crippen molar-refractivity contribution in [2.75, 3.05) is 39.3 Å². The number of carbonyl (C=O) groups excluding carboxylic acids is 1. The average molecular weight is 523 g/mol. The Labute approximate surface area is 213 Å². The lowest BCUT2D eigenvalue weighted by atomic mass is 10.1. The van der Waals surface area contributed by atoms with E-state index in [1.54, 1.807) is 12.1 Å². The number of nitrogens with zero attached hydrogens (tertiary/aromatic N) is 4. The molecule has 1 unspecified atom stereocenters. The number of ether oxygens (including phenoxy) is 2. The van der Waals surface area contributed by atoms with Gasteiger partial charge in [-0.05, 0) is 38.0 Å². The Balaban J connectivity index is 1.13.